The minimum atomic E-state index is -0.518. The molecule has 164 valence electrons. The van der Waals surface area contributed by atoms with Crippen LogP contribution in [0.1, 0.15) is 31.9 Å². The minimum absolute atomic E-state index is 0.00515. The predicted octanol–water partition coefficient (Wildman–Crippen LogP) is 4.24. The second-order valence-electron chi connectivity index (χ2n) is 8.68. The zero-order valence-electron chi connectivity index (χ0n) is 18.7. The highest BCUT2D eigenvalue weighted by Gasteiger charge is 2.23. The highest BCUT2D eigenvalue weighted by atomic mass is 16.7. The summed E-state index contributed by atoms with van der Waals surface area (Å²) in [5, 5.41) is 13.1. The topological polar surface area (TPSA) is 67.4 Å². The fourth-order valence-corrected chi connectivity index (χ4v) is 3.58. The average molecular weight is 431 g/mol. The second-order valence-corrected chi connectivity index (χ2v) is 8.68. The maximum absolute atomic E-state index is 13.4. The molecular weight excluding hydrogens is 404 g/mol. The number of benzene rings is 3. The Morgan fingerprint density at radius 3 is 2.22 bits per heavy atom. The van der Waals surface area contributed by atoms with Gasteiger partial charge in [0.05, 0.1) is 12.7 Å². The Kier molecular flexibility index (Phi) is 5.61. The minimum Gasteiger partial charge on any atom is -0.618 e. The molecule has 0 spiro atoms. The van der Waals surface area contributed by atoms with Crippen molar-refractivity contribution in [2.45, 2.75) is 32.8 Å². The standard InChI is InChI=1S/C26H26N2O4/c1-26(2,3)20-13-9-18(10-14-20)17-32-28-23-8-6-5-7-22(23)27(30)24(25(28)29)19-11-15-21(31-4)16-12-19/h5-16H,17H2,1-4H3. The van der Waals surface area contributed by atoms with Crippen LogP contribution in [0.4, 0.5) is 0 Å². The van der Waals surface area contributed by atoms with Crippen LogP contribution in [0.2, 0.25) is 0 Å². The normalized spacial score (nSPS) is 11.5. The first-order valence-corrected chi connectivity index (χ1v) is 10.4. The van der Waals surface area contributed by atoms with Gasteiger partial charge in [0, 0.05) is 6.07 Å². The lowest BCUT2D eigenvalue weighted by Gasteiger charge is -2.19. The molecule has 32 heavy (non-hydrogen) atoms. The molecule has 0 atom stereocenters. The smallest absolute Gasteiger partial charge is 0.357 e. The van der Waals surface area contributed by atoms with E-state index in [0.29, 0.717) is 27.1 Å². The van der Waals surface area contributed by atoms with E-state index in [-0.39, 0.29) is 17.7 Å². The molecule has 0 bridgehead atoms. The SMILES string of the molecule is COc1ccc(-c2c(=O)n(OCc3ccc(C(C)(C)C)cc3)c3ccccc3[n+]2[O-])cc1. The van der Waals surface area contributed by atoms with Crippen molar-refractivity contribution in [2.24, 2.45) is 0 Å². The third kappa shape index (κ3) is 4.04. The van der Waals surface area contributed by atoms with Crippen LogP contribution in [0, 0.1) is 5.21 Å². The maximum Gasteiger partial charge on any atom is 0.357 e. The van der Waals surface area contributed by atoms with Gasteiger partial charge >= 0.3 is 5.56 Å². The Hall–Kier alpha value is -3.80. The van der Waals surface area contributed by atoms with E-state index < -0.39 is 5.56 Å². The molecule has 0 unspecified atom stereocenters. The van der Waals surface area contributed by atoms with Crippen LogP contribution in [0.3, 0.4) is 0 Å². The van der Waals surface area contributed by atoms with Gasteiger partial charge in [-0.05, 0) is 46.9 Å². The van der Waals surface area contributed by atoms with Gasteiger partial charge in [0.2, 0.25) is 5.52 Å². The van der Waals surface area contributed by atoms with Crippen LogP contribution in [-0.4, -0.2) is 11.8 Å². The molecule has 4 rings (SSSR count). The first-order chi connectivity index (χ1) is 15.3. The zero-order chi connectivity index (χ0) is 22.9. The van der Waals surface area contributed by atoms with E-state index in [1.807, 2.05) is 12.1 Å². The van der Waals surface area contributed by atoms with Crippen molar-refractivity contribution in [2.75, 3.05) is 7.11 Å². The summed E-state index contributed by atoms with van der Waals surface area (Å²) in [5.74, 6) is 0.641. The molecular formula is C26H26N2O4. The van der Waals surface area contributed by atoms with Crippen LogP contribution in [-0.2, 0) is 12.0 Å². The number of para-hydroxylation sites is 2. The van der Waals surface area contributed by atoms with Crippen LogP contribution < -0.4 is 19.9 Å². The molecule has 1 aromatic heterocycles. The van der Waals surface area contributed by atoms with Crippen LogP contribution in [0.15, 0.2) is 77.6 Å². The summed E-state index contributed by atoms with van der Waals surface area (Å²) in [5.41, 5.74) is 2.93. The van der Waals surface area contributed by atoms with Crippen molar-refractivity contribution in [3.05, 3.63) is 99.5 Å². The summed E-state index contributed by atoms with van der Waals surface area (Å²) in [7, 11) is 1.56. The molecule has 6 nitrogen and oxygen atoms in total. The fourth-order valence-electron chi connectivity index (χ4n) is 3.58. The number of rotatable bonds is 5. The molecule has 0 radical (unpaired) electrons. The number of methoxy groups -OCH3 is 1. The van der Waals surface area contributed by atoms with Gasteiger partial charge in [-0.15, -0.1) is 4.73 Å². The largest absolute Gasteiger partial charge is 0.618 e. The highest BCUT2D eigenvalue weighted by Crippen LogP contribution is 2.22. The van der Waals surface area contributed by atoms with E-state index >= 15 is 0 Å². The average Bonchev–Trinajstić information content (AvgIpc) is 2.79. The molecule has 0 amide bonds. The molecule has 0 fully saturated rings. The quantitative estimate of drug-likeness (QED) is 0.351. The number of nitrogens with zero attached hydrogens (tertiary/aromatic N) is 2. The Labute approximate surface area is 186 Å². The fraction of sp³-hybridized carbons (Fsp3) is 0.231. The van der Waals surface area contributed by atoms with Crippen LogP contribution in [0.5, 0.6) is 5.75 Å². The third-order valence-electron chi connectivity index (χ3n) is 5.45. The summed E-state index contributed by atoms with van der Waals surface area (Å²) in [4.78, 5) is 19.3. The number of hydrogen-bond donors (Lipinski definition) is 0. The van der Waals surface area contributed by atoms with Gasteiger partial charge < -0.3 is 14.8 Å². The van der Waals surface area contributed by atoms with E-state index in [1.165, 1.54) is 10.3 Å². The summed E-state index contributed by atoms with van der Waals surface area (Å²) in [6, 6.07) is 21.8. The van der Waals surface area contributed by atoms with Crippen molar-refractivity contribution in [1.82, 2.24) is 4.73 Å². The van der Waals surface area contributed by atoms with E-state index in [0.717, 1.165) is 5.56 Å². The monoisotopic (exact) mass is 430 g/mol. The molecule has 0 aliphatic carbocycles. The van der Waals surface area contributed by atoms with Gasteiger partial charge in [0.25, 0.3) is 5.69 Å². The molecule has 0 aliphatic rings. The van der Waals surface area contributed by atoms with E-state index in [1.54, 1.807) is 55.6 Å². The number of hydrogen-bond acceptors (Lipinski definition) is 4. The van der Waals surface area contributed by atoms with Crippen LogP contribution in [0.25, 0.3) is 22.3 Å². The lowest BCUT2D eigenvalue weighted by molar-refractivity contribution is -0.566. The Bertz CT molecular complexity index is 1300. The van der Waals surface area contributed by atoms with Gasteiger partial charge in [0.15, 0.2) is 5.52 Å². The van der Waals surface area contributed by atoms with Gasteiger partial charge in [0.1, 0.15) is 12.4 Å². The second kappa shape index (κ2) is 8.38. The van der Waals surface area contributed by atoms with Crippen molar-refractivity contribution in [3.63, 3.8) is 0 Å². The summed E-state index contributed by atoms with van der Waals surface area (Å²) < 4.78 is 7.06. The van der Waals surface area contributed by atoms with Gasteiger partial charge in [-0.3, -0.25) is 4.79 Å². The van der Waals surface area contributed by atoms with Gasteiger partial charge in [-0.1, -0.05) is 57.2 Å². The van der Waals surface area contributed by atoms with Gasteiger partial charge in [-0.2, -0.15) is 4.73 Å². The molecule has 3 aromatic carbocycles. The molecule has 0 aliphatic heterocycles. The zero-order valence-corrected chi connectivity index (χ0v) is 18.7. The molecule has 0 saturated heterocycles. The number of aromatic nitrogens is 2. The van der Waals surface area contributed by atoms with Crippen molar-refractivity contribution >= 4 is 11.0 Å². The van der Waals surface area contributed by atoms with E-state index in [4.69, 9.17) is 9.57 Å². The number of ether oxygens (including phenoxy) is 1. The van der Waals surface area contributed by atoms with Crippen LogP contribution >= 0.6 is 0 Å². The Morgan fingerprint density at radius 2 is 1.59 bits per heavy atom. The van der Waals surface area contributed by atoms with E-state index in [2.05, 4.69) is 32.9 Å². The summed E-state index contributed by atoms with van der Waals surface area (Å²) in [6.45, 7) is 6.67. The summed E-state index contributed by atoms with van der Waals surface area (Å²) >= 11 is 0. The number of fused-ring (bicyclic) bond motifs is 1. The first kappa shape index (κ1) is 21.4. The van der Waals surface area contributed by atoms with Crippen molar-refractivity contribution in [1.29, 1.82) is 0 Å². The highest BCUT2D eigenvalue weighted by molar-refractivity contribution is 5.73. The molecule has 0 N–H and O–H groups in total. The molecule has 1 heterocycles. The molecule has 6 heteroatoms. The maximum atomic E-state index is 13.4. The predicted molar refractivity (Wildman–Crippen MR) is 125 cm³/mol. The summed E-state index contributed by atoms with van der Waals surface area (Å²) in [6.07, 6.45) is 0. The van der Waals surface area contributed by atoms with Crippen molar-refractivity contribution in [3.8, 4) is 17.0 Å². The lowest BCUT2D eigenvalue weighted by atomic mass is 9.87. The Balaban J connectivity index is 1.76. The van der Waals surface area contributed by atoms with Gasteiger partial charge in [-0.25, -0.2) is 0 Å². The Morgan fingerprint density at radius 1 is 0.938 bits per heavy atom. The lowest BCUT2D eigenvalue weighted by Crippen LogP contribution is -2.42. The third-order valence-corrected chi connectivity index (χ3v) is 5.45. The van der Waals surface area contributed by atoms with E-state index in [9.17, 15) is 10.0 Å². The van der Waals surface area contributed by atoms with Crippen molar-refractivity contribution < 1.29 is 14.3 Å². The first-order valence-electron chi connectivity index (χ1n) is 10.4. The molecule has 4 aromatic rings. The molecule has 0 saturated carbocycles.